The highest BCUT2D eigenvalue weighted by atomic mass is 32.2. The van der Waals surface area contributed by atoms with Crippen molar-refractivity contribution in [3.05, 3.63) is 60.6 Å². The van der Waals surface area contributed by atoms with Gasteiger partial charge in [-0.05, 0) is 45.7 Å². The number of nitrogens with zero attached hydrogens (tertiary/aromatic N) is 1. The Morgan fingerprint density at radius 3 is 2.47 bits per heavy atom. The van der Waals surface area contributed by atoms with Gasteiger partial charge in [0.05, 0.1) is 28.7 Å². The number of benzene rings is 2. The highest BCUT2D eigenvalue weighted by Gasteiger charge is 2.42. The van der Waals surface area contributed by atoms with Crippen molar-refractivity contribution in [1.82, 2.24) is 0 Å². The Morgan fingerprint density at radius 2 is 1.86 bits per heavy atom. The Kier molecular flexibility index (Phi) is 8.49. The summed E-state index contributed by atoms with van der Waals surface area (Å²) in [6, 6.07) is 11.9. The molecule has 36 heavy (non-hydrogen) atoms. The molecule has 1 aliphatic rings. The van der Waals surface area contributed by atoms with E-state index >= 15 is 4.39 Å². The SMILES string of the molecule is CCCCC1(CC)CN(c2ccccc2)c2cc(F)c(O/C=C/C(=O)OC(C)(C)C)cc2S(=O)(=O)C1. The molecule has 0 fully saturated rings. The molecular weight excluding hydrogens is 481 g/mol. The standard InChI is InChI=1S/C28H36FNO5S/c1-6-8-15-28(7-2)19-30(21-12-10-9-11-13-21)23-17-22(29)24(18-25(23)36(32,33)20-28)34-16-14-26(31)35-27(3,4)5/h9-14,16-18H,6-8,15,19-20H2,1-5H3/b16-14+. The molecule has 1 atom stereocenters. The molecule has 0 aromatic heterocycles. The van der Waals surface area contributed by atoms with Crippen molar-refractivity contribution in [1.29, 1.82) is 0 Å². The van der Waals surface area contributed by atoms with Gasteiger partial charge in [0.25, 0.3) is 0 Å². The molecule has 0 spiro atoms. The second kappa shape index (κ2) is 11.0. The number of fused-ring (bicyclic) bond motifs is 1. The molecule has 2 aromatic rings. The van der Waals surface area contributed by atoms with Crippen molar-refractivity contribution >= 4 is 27.2 Å². The van der Waals surface area contributed by atoms with Crippen LogP contribution in [0.2, 0.25) is 0 Å². The highest BCUT2D eigenvalue weighted by molar-refractivity contribution is 7.91. The van der Waals surface area contributed by atoms with Crippen LogP contribution in [0.1, 0.15) is 60.3 Å². The van der Waals surface area contributed by atoms with Crippen LogP contribution in [0, 0.1) is 11.2 Å². The first kappa shape index (κ1) is 27.7. The van der Waals surface area contributed by atoms with Gasteiger partial charge in [-0.15, -0.1) is 0 Å². The van der Waals surface area contributed by atoms with Crippen LogP contribution >= 0.6 is 0 Å². The molecule has 0 bridgehead atoms. The zero-order valence-electron chi connectivity index (χ0n) is 21.7. The van der Waals surface area contributed by atoms with Gasteiger partial charge in [-0.25, -0.2) is 17.6 Å². The molecule has 3 rings (SSSR count). The lowest BCUT2D eigenvalue weighted by Crippen LogP contribution is -2.37. The van der Waals surface area contributed by atoms with Gasteiger partial charge in [-0.1, -0.05) is 44.9 Å². The van der Waals surface area contributed by atoms with E-state index in [4.69, 9.17) is 9.47 Å². The molecule has 0 saturated heterocycles. The number of halogens is 1. The minimum Gasteiger partial charge on any atom is -0.462 e. The molecule has 0 N–H and O–H groups in total. The topological polar surface area (TPSA) is 72.9 Å². The lowest BCUT2D eigenvalue weighted by Gasteiger charge is -2.36. The molecule has 6 nitrogen and oxygen atoms in total. The van der Waals surface area contributed by atoms with Crippen LogP contribution in [0.15, 0.2) is 59.7 Å². The highest BCUT2D eigenvalue weighted by Crippen LogP contribution is 2.45. The number of anilines is 2. The summed E-state index contributed by atoms with van der Waals surface area (Å²) >= 11 is 0. The third kappa shape index (κ3) is 6.66. The zero-order valence-corrected chi connectivity index (χ0v) is 22.5. The fraction of sp³-hybridized carbons (Fsp3) is 0.464. The number of ether oxygens (including phenoxy) is 2. The summed E-state index contributed by atoms with van der Waals surface area (Å²) in [5.41, 5.74) is -0.0929. The molecule has 8 heteroatoms. The maximum Gasteiger partial charge on any atom is 0.334 e. The van der Waals surface area contributed by atoms with Crippen molar-refractivity contribution < 1.29 is 27.1 Å². The van der Waals surface area contributed by atoms with Gasteiger partial charge in [0.1, 0.15) is 5.60 Å². The van der Waals surface area contributed by atoms with Crippen LogP contribution in [-0.2, 0) is 19.4 Å². The van der Waals surface area contributed by atoms with Crippen LogP contribution in [0.4, 0.5) is 15.8 Å². The number of sulfone groups is 1. The Hall–Kier alpha value is -2.87. The second-order valence-electron chi connectivity index (χ2n) is 10.3. The summed E-state index contributed by atoms with van der Waals surface area (Å²) in [5, 5.41) is 0. The summed E-state index contributed by atoms with van der Waals surface area (Å²) in [6.45, 7) is 9.74. The predicted molar refractivity (Wildman–Crippen MR) is 140 cm³/mol. The molecule has 0 saturated carbocycles. The van der Waals surface area contributed by atoms with E-state index in [2.05, 4.69) is 6.92 Å². The smallest absolute Gasteiger partial charge is 0.334 e. The summed E-state index contributed by atoms with van der Waals surface area (Å²) in [7, 11) is -3.78. The Bertz CT molecular complexity index is 1200. The first-order valence-corrected chi connectivity index (χ1v) is 14.0. The van der Waals surface area contributed by atoms with Gasteiger partial charge in [-0.2, -0.15) is 0 Å². The molecule has 1 unspecified atom stereocenters. The first-order valence-electron chi connectivity index (χ1n) is 12.3. The van der Waals surface area contributed by atoms with E-state index in [0.717, 1.165) is 37.3 Å². The van der Waals surface area contributed by atoms with Gasteiger partial charge in [0.2, 0.25) is 0 Å². The number of carbonyl (C=O) groups is 1. The summed E-state index contributed by atoms with van der Waals surface area (Å²) in [5.74, 6) is -1.69. The van der Waals surface area contributed by atoms with Crippen molar-refractivity contribution in [3.8, 4) is 5.75 Å². The van der Waals surface area contributed by atoms with Gasteiger partial charge in [0.15, 0.2) is 21.4 Å². The first-order chi connectivity index (χ1) is 16.9. The van der Waals surface area contributed by atoms with Gasteiger partial charge in [-0.3, -0.25) is 0 Å². The van der Waals surface area contributed by atoms with Crippen LogP contribution in [0.5, 0.6) is 5.75 Å². The molecule has 1 aliphatic heterocycles. The quantitative estimate of drug-likeness (QED) is 0.171. The van der Waals surface area contributed by atoms with Crippen LogP contribution in [0.3, 0.4) is 0 Å². The monoisotopic (exact) mass is 517 g/mol. The van der Waals surface area contributed by atoms with E-state index in [1.165, 1.54) is 12.1 Å². The minimum atomic E-state index is -3.78. The number of rotatable bonds is 8. The normalized spacial score (nSPS) is 19.6. The fourth-order valence-electron chi connectivity index (χ4n) is 4.45. The minimum absolute atomic E-state index is 0.0141. The molecule has 0 amide bonds. The number of unbranched alkanes of at least 4 members (excludes halogenated alkanes) is 1. The molecule has 0 radical (unpaired) electrons. The van der Waals surface area contributed by atoms with E-state index in [1.807, 2.05) is 42.2 Å². The predicted octanol–water partition coefficient (Wildman–Crippen LogP) is 6.57. The summed E-state index contributed by atoms with van der Waals surface area (Å²) in [6.07, 6.45) is 5.33. The summed E-state index contributed by atoms with van der Waals surface area (Å²) < 4.78 is 53.2. The molecule has 196 valence electrons. The van der Waals surface area contributed by atoms with E-state index in [9.17, 15) is 13.2 Å². The molecular formula is C28H36FNO5S. The van der Waals surface area contributed by atoms with E-state index in [1.54, 1.807) is 20.8 Å². The van der Waals surface area contributed by atoms with Crippen molar-refractivity contribution in [3.63, 3.8) is 0 Å². The molecule has 0 aliphatic carbocycles. The number of hydrogen-bond acceptors (Lipinski definition) is 6. The third-order valence-corrected chi connectivity index (χ3v) is 8.30. The van der Waals surface area contributed by atoms with Crippen LogP contribution < -0.4 is 9.64 Å². The lowest BCUT2D eigenvalue weighted by atomic mass is 9.81. The number of esters is 1. The Morgan fingerprint density at radius 1 is 1.17 bits per heavy atom. The average Bonchev–Trinajstić information content (AvgIpc) is 2.89. The fourth-order valence-corrected chi connectivity index (χ4v) is 6.63. The summed E-state index contributed by atoms with van der Waals surface area (Å²) in [4.78, 5) is 13.8. The average molecular weight is 518 g/mol. The maximum absolute atomic E-state index is 15.2. The maximum atomic E-state index is 15.2. The number of hydrogen-bond donors (Lipinski definition) is 0. The number of carbonyl (C=O) groups excluding carboxylic acids is 1. The largest absolute Gasteiger partial charge is 0.462 e. The third-order valence-electron chi connectivity index (χ3n) is 6.31. The lowest BCUT2D eigenvalue weighted by molar-refractivity contribution is -0.148. The van der Waals surface area contributed by atoms with Crippen molar-refractivity contribution in [2.45, 2.75) is 70.8 Å². The molecule has 1 heterocycles. The Labute approximate surface area is 214 Å². The van der Waals surface area contributed by atoms with Gasteiger partial charge < -0.3 is 14.4 Å². The number of para-hydroxylation sites is 1. The van der Waals surface area contributed by atoms with Crippen LogP contribution in [-0.4, -0.2) is 32.3 Å². The van der Waals surface area contributed by atoms with E-state index in [0.29, 0.717) is 13.0 Å². The van der Waals surface area contributed by atoms with Gasteiger partial charge >= 0.3 is 5.97 Å². The van der Waals surface area contributed by atoms with E-state index in [-0.39, 0.29) is 22.1 Å². The van der Waals surface area contributed by atoms with Crippen molar-refractivity contribution in [2.75, 3.05) is 17.2 Å². The molecule has 2 aromatic carbocycles. The van der Waals surface area contributed by atoms with Crippen LogP contribution in [0.25, 0.3) is 0 Å². The second-order valence-corrected chi connectivity index (χ2v) is 12.3. The zero-order chi connectivity index (χ0) is 26.6. The Balaban J connectivity index is 2.07. The van der Waals surface area contributed by atoms with Crippen molar-refractivity contribution in [2.24, 2.45) is 5.41 Å². The van der Waals surface area contributed by atoms with Gasteiger partial charge in [0, 0.05) is 29.8 Å². The van der Waals surface area contributed by atoms with E-state index < -0.39 is 32.6 Å².